The van der Waals surface area contributed by atoms with Gasteiger partial charge in [-0.2, -0.15) is 0 Å². The summed E-state index contributed by atoms with van der Waals surface area (Å²) >= 11 is 0. The molecule has 8 heteroatoms. The summed E-state index contributed by atoms with van der Waals surface area (Å²) in [6.07, 6.45) is 0.751. The van der Waals surface area contributed by atoms with Crippen LogP contribution in [0, 0.1) is 0 Å². The van der Waals surface area contributed by atoms with Crippen LogP contribution in [0.5, 0.6) is 11.5 Å². The van der Waals surface area contributed by atoms with E-state index in [4.69, 9.17) is 15.2 Å². The van der Waals surface area contributed by atoms with Gasteiger partial charge in [0.1, 0.15) is 11.5 Å². The number of primary amides is 1. The molecule has 2 rings (SSSR count). The SMILES string of the molecule is CCOc1ccccc1C(=O)NCCCC(=O)Nc1ccc(OCC(N)=O)cc1. The third-order valence-electron chi connectivity index (χ3n) is 3.82. The van der Waals surface area contributed by atoms with Crippen LogP contribution < -0.4 is 25.8 Å². The monoisotopic (exact) mass is 399 g/mol. The average molecular weight is 399 g/mol. The molecule has 0 saturated carbocycles. The molecule has 0 fully saturated rings. The molecule has 3 amide bonds. The highest BCUT2D eigenvalue weighted by Gasteiger charge is 2.11. The molecule has 2 aromatic carbocycles. The maximum Gasteiger partial charge on any atom is 0.255 e. The highest BCUT2D eigenvalue weighted by molar-refractivity contribution is 5.97. The Morgan fingerprint density at radius 1 is 1.00 bits per heavy atom. The van der Waals surface area contributed by atoms with Crippen molar-refractivity contribution in [1.29, 1.82) is 0 Å². The van der Waals surface area contributed by atoms with Crippen LogP contribution in [-0.4, -0.2) is 37.5 Å². The number of para-hydroxylation sites is 1. The Kier molecular flexibility index (Phi) is 8.50. The minimum atomic E-state index is -0.559. The maximum atomic E-state index is 12.3. The number of hydrogen-bond acceptors (Lipinski definition) is 5. The number of nitrogens with one attached hydrogen (secondary N) is 2. The molecule has 2 aromatic rings. The van der Waals surface area contributed by atoms with Crippen molar-refractivity contribution in [2.75, 3.05) is 25.1 Å². The van der Waals surface area contributed by atoms with E-state index in [-0.39, 0.29) is 24.8 Å². The zero-order chi connectivity index (χ0) is 21.1. The van der Waals surface area contributed by atoms with Crippen LogP contribution in [0.1, 0.15) is 30.1 Å². The Morgan fingerprint density at radius 2 is 1.72 bits per heavy atom. The molecule has 0 radical (unpaired) electrons. The average Bonchev–Trinajstić information content (AvgIpc) is 2.71. The van der Waals surface area contributed by atoms with Gasteiger partial charge in [0.25, 0.3) is 11.8 Å². The smallest absolute Gasteiger partial charge is 0.255 e. The Morgan fingerprint density at radius 3 is 2.41 bits per heavy atom. The van der Waals surface area contributed by atoms with Crippen molar-refractivity contribution < 1.29 is 23.9 Å². The Labute approximate surface area is 169 Å². The normalized spacial score (nSPS) is 10.1. The lowest BCUT2D eigenvalue weighted by Crippen LogP contribution is -2.26. The number of carbonyl (C=O) groups excluding carboxylic acids is 3. The highest BCUT2D eigenvalue weighted by Crippen LogP contribution is 2.18. The molecule has 29 heavy (non-hydrogen) atoms. The summed E-state index contributed by atoms with van der Waals surface area (Å²) in [5.41, 5.74) is 6.09. The number of hydrogen-bond donors (Lipinski definition) is 3. The third kappa shape index (κ3) is 7.53. The molecule has 0 unspecified atom stereocenters. The summed E-state index contributed by atoms with van der Waals surface area (Å²) < 4.78 is 10.6. The van der Waals surface area contributed by atoms with Crippen LogP contribution in [0.2, 0.25) is 0 Å². The molecule has 154 valence electrons. The molecule has 0 bridgehead atoms. The lowest BCUT2D eigenvalue weighted by molar-refractivity contribution is -0.120. The first-order valence-corrected chi connectivity index (χ1v) is 9.30. The van der Waals surface area contributed by atoms with Crippen LogP contribution in [-0.2, 0) is 9.59 Å². The molecule has 0 aliphatic carbocycles. The first-order valence-electron chi connectivity index (χ1n) is 9.30. The first kappa shape index (κ1) is 21.7. The Balaban J connectivity index is 1.72. The van der Waals surface area contributed by atoms with Gasteiger partial charge in [-0.1, -0.05) is 12.1 Å². The second-order valence-corrected chi connectivity index (χ2v) is 6.12. The van der Waals surface area contributed by atoms with E-state index in [0.29, 0.717) is 42.3 Å². The lowest BCUT2D eigenvalue weighted by atomic mass is 10.2. The van der Waals surface area contributed by atoms with Gasteiger partial charge in [-0.15, -0.1) is 0 Å². The molecule has 0 aromatic heterocycles. The van der Waals surface area contributed by atoms with E-state index >= 15 is 0 Å². The molecular formula is C21H25N3O5. The van der Waals surface area contributed by atoms with E-state index in [1.54, 1.807) is 42.5 Å². The van der Waals surface area contributed by atoms with Gasteiger partial charge in [-0.25, -0.2) is 0 Å². The number of carbonyl (C=O) groups is 3. The van der Waals surface area contributed by atoms with Crippen molar-refractivity contribution in [3.63, 3.8) is 0 Å². The molecule has 4 N–H and O–H groups in total. The molecule has 0 aliphatic heterocycles. The van der Waals surface area contributed by atoms with E-state index in [1.807, 2.05) is 13.0 Å². The van der Waals surface area contributed by atoms with Gasteiger partial charge in [0.2, 0.25) is 5.91 Å². The van der Waals surface area contributed by atoms with Gasteiger partial charge < -0.3 is 25.8 Å². The minimum Gasteiger partial charge on any atom is -0.493 e. The first-order chi connectivity index (χ1) is 14.0. The summed E-state index contributed by atoms with van der Waals surface area (Å²) in [6.45, 7) is 2.50. The fourth-order valence-electron chi connectivity index (χ4n) is 2.49. The molecule has 0 spiro atoms. The summed E-state index contributed by atoms with van der Waals surface area (Å²) in [5.74, 6) is 0.0574. The zero-order valence-electron chi connectivity index (χ0n) is 16.3. The summed E-state index contributed by atoms with van der Waals surface area (Å²) in [4.78, 5) is 35.0. The Hall–Kier alpha value is -3.55. The van der Waals surface area contributed by atoms with Crippen LogP contribution in [0.25, 0.3) is 0 Å². The van der Waals surface area contributed by atoms with Gasteiger partial charge in [0.05, 0.1) is 12.2 Å². The van der Waals surface area contributed by atoms with Crippen molar-refractivity contribution in [2.24, 2.45) is 5.73 Å². The van der Waals surface area contributed by atoms with Crippen molar-refractivity contribution in [3.8, 4) is 11.5 Å². The number of nitrogens with two attached hydrogens (primary N) is 1. The standard InChI is InChI=1S/C21H25N3O5/c1-2-28-18-7-4-3-6-17(18)21(27)23-13-5-8-20(26)24-15-9-11-16(12-10-15)29-14-19(22)25/h3-4,6-7,9-12H,2,5,8,13-14H2,1H3,(H2,22,25)(H,23,27)(H,24,26). The van der Waals surface area contributed by atoms with E-state index < -0.39 is 5.91 Å². The van der Waals surface area contributed by atoms with E-state index in [9.17, 15) is 14.4 Å². The van der Waals surface area contributed by atoms with Crippen molar-refractivity contribution in [3.05, 3.63) is 54.1 Å². The predicted octanol–water partition coefficient (Wildman–Crippen LogP) is 2.10. The van der Waals surface area contributed by atoms with E-state index in [0.717, 1.165) is 0 Å². The largest absolute Gasteiger partial charge is 0.493 e. The third-order valence-corrected chi connectivity index (χ3v) is 3.82. The molecule has 0 atom stereocenters. The maximum absolute atomic E-state index is 12.3. The Bertz CT molecular complexity index is 836. The fraction of sp³-hybridized carbons (Fsp3) is 0.286. The number of anilines is 1. The van der Waals surface area contributed by atoms with Crippen molar-refractivity contribution >= 4 is 23.4 Å². The topological polar surface area (TPSA) is 120 Å². The highest BCUT2D eigenvalue weighted by atomic mass is 16.5. The number of benzene rings is 2. The van der Waals surface area contributed by atoms with Gasteiger partial charge in [-0.3, -0.25) is 14.4 Å². The molecular weight excluding hydrogens is 374 g/mol. The summed E-state index contributed by atoms with van der Waals surface area (Å²) in [5, 5.41) is 5.56. The lowest BCUT2D eigenvalue weighted by Gasteiger charge is -2.10. The molecule has 0 heterocycles. The van der Waals surface area contributed by atoms with E-state index in [2.05, 4.69) is 10.6 Å². The van der Waals surface area contributed by atoms with Crippen molar-refractivity contribution in [2.45, 2.75) is 19.8 Å². The summed E-state index contributed by atoms with van der Waals surface area (Å²) in [7, 11) is 0. The van der Waals surface area contributed by atoms with Crippen LogP contribution in [0.3, 0.4) is 0 Å². The van der Waals surface area contributed by atoms with Crippen LogP contribution >= 0.6 is 0 Å². The summed E-state index contributed by atoms with van der Waals surface area (Å²) in [6, 6.07) is 13.6. The van der Waals surface area contributed by atoms with Gasteiger partial charge in [-0.05, 0) is 49.7 Å². The minimum absolute atomic E-state index is 0.167. The second kappa shape index (κ2) is 11.3. The number of amides is 3. The fourth-order valence-corrected chi connectivity index (χ4v) is 2.49. The van der Waals surface area contributed by atoms with E-state index in [1.165, 1.54) is 0 Å². The van der Waals surface area contributed by atoms with Crippen LogP contribution in [0.15, 0.2) is 48.5 Å². The second-order valence-electron chi connectivity index (χ2n) is 6.12. The molecule has 0 saturated heterocycles. The van der Waals surface area contributed by atoms with Gasteiger partial charge in [0, 0.05) is 18.7 Å². The number of ether oxygens (including phenoxy) is 2. The van der Waals surface area contributed by atoms with Crippen LogP contribution in [0.4, 0.5) is 5.69 Å². The zero-order valence-corrected chi connectivity index (χ0v) is 16.3. The van der Waals surface area contributed by atoms with Gasteiger partial charge >= 0.3 is 0 Å². The van der Waals surface area contributed by atoms with Gasteiger partial charge in [0.15, 0.2) is 6.61 Å². The molecule has 0 aliphatic rings. The van der Waals surface area contributed by atoms with Crippen molar-refractivity contribution in [1.82, 2.24) is 5.32 Å². The quantitative estimate of drug-likeness (QED) is 0.500. The number of rotatable bonds is 11. The predicted molar refractivity (Wildman–Crippen MR) is 109 cm³/mol. The molecule has 8 nitrogen and oxygen atoms in total.